The molecule has 10 heteroatoms. The number of benzene rings is 1. The van der Waals surface area contributed by atoms with Crippen molar-refractivity contribution in [2.45, 2.75) is 12.4 Å². The Morgan fingerprint density at radius 1 is 0.750 bits per heavy atom. The normalized spacial score (nSPS) is 11.9. The lowest BCUT2D eigenvalue weighted by Gasteiger charge is -2.12. The predicted molar refractivity (Wildman–Crippen MR) is 49.8 cm³/mol. The van der Waals surface area contributed by atoms with E-state index in [0.29, 0.717) is 0 Å². The molecule has 1 aromatic rings. The largest absolute Gasteiger partial charge is 0.491 e. The molecule has 0 saturated carbocycles. The number of esters is 2. The van der Waals surface area contributed by atoms with Gasteiger partial charge in [0.2, 0.25) is 0 Å². The Balaban J connectivity index is 2.95. The summed E-state index contributed by atoms with van der Waals surface area (Å²) in [7, 11) is 0. The maximum Gasteiger partial charge on any atom is 0.491 e. The summed E-state index contributed by atoms with van der Waals surface area (Å²) in [5, 5.41) is 0. The molecular weight excluding hydrogens is 298 g/mol. The van der Waals surface area contributed by atoms with Gasteiger partial charge in [-0.1, -0.05) is 12.1 Å². The Kier molecular flexibility index (Phi) is 4.26. The Hall–Kier alpha value is -2.26. The third-order valence-electron chi connectivity index (χ3n) is 1.72. The quantitative estimate of drug-likeness (QED) is 0.479. The number of para-hydroxylation sites is 2. The molecule has 0 bridgehead atoms. The van der Waals surface area contributed by atoms with Crippen molar-refractivity contribution >= 4 is 11.9 Å². The minimum Gasteiger partial charge on any atom is -0.416 e. The monoisotopic (exact) mass is 302 g/mol. The molecule has 1 rings (SSSR count). The predicted octanol–water partition coefficient (Wildman–Crippen LogP) is 2.62. The van der Waals surface area contributed by atoms with Crippen LogP contribution in [0, 0.1) is 0 Å². The molecule has 0 radical (unpaired) electrons. The zero-order chi connectivity index (χ0) is 15.6. The minimum atomic E-state index is -5.35. The number of alkyl halides is 6. The van der Waals surface area contributed by atoms with Gasteiger partial charge >= 0.3 is 24.3 Å². The van der Waals surface area contributed by atoms with Gasteiger partial charge in [-0.3, -0.25) is 0 Å². The van der Waals surface area contributed by atoms with Crippen molar-refractivity contribution in [1.29, 1.82) is 0 Å². The summed E-state index contributed by atoms with van der Waals surface area (Å²) >= 11 is 0. The van der Waals surface area contributed by atoms with Crippen LogP contribution in [-0.2, 0) is 9.59 Å². The lowest BCUT2D eigenvalue weighted by atomic mass is 10.3. The molecule has 0 amide bonds. The van der Waals surface area contributed by atoms with E-state index in [1.807, 2.05) is 0 Å². The van der Waals surface area contributed by atoms with Crippen LogP contribution in [0.1, 0.15) is 0 Å². The average Bonchev–Trinajstić information content (AvgIpc) is 2.29. The molecule has 0 atom stereocenters. The summed E-state index contributed by atoms with van der Waals surface area (Å²) in [5.74, 6) is -7.25. The van der Waals surface area contributed by atoms with E-state index >= 15 is 0 Å². The van der Waals surface area contributed by atoms with Crippen LogP contribution in [0.3, 0.4) is 0 Å². The molecule has 0 N–H and O–H groups in total. The smallest absolute Gasteiger partial charge is 0.416 e. The molecule has 110 valence electrons. The van der Waals surface area contributed by atoms with E-state index in [1.54, 1.807) is 0 Å². The van der Waals surface area contributed by atoms with E-state index in [1.165, 1.54) is 0 Å². The molecule has 0 fully saturated rings. The number of hydrogen-bond acceptors (Lipinski definition) is 4. The SMILES string of the molecule is O=C(Oc1ccccc1OC(=O)C(F)(F)F)C(F)(F)F. The van der Waals surface area contributed by atoms with Crippen LogP contribution < -0.4 is 9.47 Å². The molecular formula is C10H4F6O4. The van der Waals surface area contributed by atoms with Crippen molar-refractivity contribution in [3.8, 4) is 11.5 Å². The highest BCUT2D eigenvalue weighted by Gasteiger charge is 2.43. The molecule has 1 aromatic carbocycles. The van der Waals surface area contributed by atoms with Crippen molar-refractivity contribution in [3.05, 3.63) is 24.3 Å². The standard InChI is InChI=1S/C10H4F6O4/c11-9(12,13)7(17)19-5-3-1-2-4-6(5)20-8(18)10(14,15)16/h1-4H. The van der Waals surface area contributed by atoms with E-state index in [-0.39, 0.29) is 0 Å². The van der Waals surface area contributed by atoms with Gasteiger partial charge in [-0.2, -0.15) is 26.3 Å². The minimum absolute atomic E-state index is 0.739. The molecule has 0 aliphatic carbocycles. The molecule has 4 nitrogen and oxygen atoms in total. The average molecular weight is 302 g/mol. The first kappa shape index (κ1) is 15.8. The summed E-state index contributed by atoms with van der Waals surface area (Å²) in [6, 6.07) is 3.62. The van der Waals surface area contributed by atoms with Gasteiger partial charge in [0.15, 0.2) is 11.5 Å². The van der Waals surface area contributed by atoms with Crippen LogP contribution in [0.4, 0.5) is 26.3 Å². The summed E-state index contributed by atoms with van der Waals surface area (Å²) in [4.78, 5) is 21.1. The summed E-state index contributed by atoms with van der Waals surface area (Å²) in [6.45, 7) is 0. The van der Waals surface area contributed by atoms with Gasteiger partial charge in [-0.25, -0.2) is 9.59 Å². The van der Waals surface area contributed by atoms with Crippen LogP contribution in [-0.4, -0.2) is 24.3 Å². The van der Waals surface area contributed by atoms with Gasteiger partial charge in [-0.15, -0.1) is 0 Å². The molecule has 0 spiro atoms. The first-order chi connectivity index (χ1) is 9.01. The second-order valence-corrected chi connectivity index (χ2v) is 3.22. The van der Waals surface area contributed by atoms with Gasteiger partial charge in [0, 0.05) is 0 Å². The molecule has 0 aliphatic heterocycles. The molecule has 0 saturated heterocycles. The maximum absolute atomic E-state index is 12.0. The lowest BCUT2D eigenvalue weighted by Crippen LogP contribution is -2.30. The first-order valence-electron chi connectivity index (χ1n) is 4.69. The zero-order valence-electron chi connectivity index (χ0n) is 9.21. The Bertz CT molecular complexity index is 472. The number of ether oxygens (including phenoxy) is 2. The van der Waals surface area contributed by atoms with Gasteiger partial charge in [0.05, 0.1) is 0 Å². The van der Waals surface area contributed by atoms with E-state index < -0.39 is 35.8 Å². The third kappa shape index (κ3) is 4.14. The van der Waals surface area contributed by atoms with Crippen molar-refractivity contribution in [2.75, 3.05) is 0 Å². The molecule has 0 aliphatic rings. The fraction of sp³-hybridized carbons (Fsp3) is 0.200. The van der Waals surface area contributed by atoms with Gasteiger partial charge < -0.3 is 9.47 Å². The highest BCUT2D eigenvalue weighted by Crippen LogP contribution is 2.30. The highest BCUT2D eigenvalue weighted by molar-refractivity contribution is 5.81. The van der Waals surface area contributed by atoms with Crippen LogP contribution in [0.15, 0.2) is 24.3 Å². The van der Waals surface area contributed by atoms with Crippen LogP contribution in [0.5, 0.6) is 11.5 Å². The zero-order valence-corrected chi connectivity index (χ0v) is 9.21. The van der Waals surface area contributed by atoms with E-state index in [4.69, 9.17) is 0 Å². The fourth-order valence-electron chi connectivity index (χ4n) is 0.934. The Morgan fingerprint density at radius 3 is 1.30 bits per heavy atom. The molecule has 0 unspecified atom stereocenters. The van der Waals surface area contributed by atoms with Crippen LogP contribution in [0.2, 0.25) is 0 Å². The van der Waals surface area contributed by atoms with Crippen LogP contribution >= 0.6 is 0 Å². The van der Waals surface area contributed by atoms with Crippen molar-refractivity contribution < 1.29 is 45.4 Å². The maximum atomic E-state index is 12.0. The van der Waals surface area contributed by atoms with Crippen molar-refractivity contribution in [2.24, 2.45) is 0 Å². The number of carbonyl (C=O) groups is 2. The highest BCUT2D eigenvalue weighted by atomic mass is 19.4. The topological polar surface area (TPSA) is 52.6 Å². The van der Waals surface area contributed by atoms with Gasteiger partial charge in [0.25, 0.3) is 0 Å². The van der Waals surface area contributed by atoms with Gasteiger partial charge in [-0.05, 0) is 12.1 Å². The summed E-state index contributed by atoms with van der Waals surface area (Å²) in [5.41, 5.74) is 0. The second kappa shape index (κ2) is 5.39. The number of hydrogen-bond donors (Lipinski definition) is 0. The van der Waals surface area contributed by atoms with E-state index in [0.717, 1.165) is 24.3 Å². The van der Waals surface area contributed by atoms with E-state index in [9.17, 15) is 35.9 Å². The Morgan fingerprint density at radius 2 is 1.05 bits per heavy atom. The number of rotatable bonds is 2. The van der Waals surface area contributed by atoms with Crippen molar-refractivity contribution in [3.63, 3.8) is 0 Å². The number of carbonyl (C=O) groups excluding carboxylic acids is 2. The summed E-state index contributed by atoms with van der Waals surface area (Å²) < 4.78 is 79.4. The van der Waals surface area contributed by atoms with Crippen LogP contribution in [0.25, 0.3) is 0 Å². The lowest BCUT2D eigenvalue weighted by molar-refractivity contribution is -0.191. The second-order valence-electron chi connectivity index (χ2n) is 3.22. The van der Waals surface area contributed by atoms with Crippen molar-refractivity contribution in [1.82, 2.24) is 0 Å². The molecule has 0 heterocycles. The van der Waals surface area contributed by atoms with Gasteiger partial charge in [0.1, 0.15) is 0 Å². The van der Waals surface area contributed by atoms with E-state index in [2.05, 4.69) is 9.47 Å². The molecule has 20 heavy (non-hydrogen) atoms. The summed E-state index contributed by atoms with van der Waals surface area (Å²) in [6.07, 6.45) is -10.7. The number of halogens is 6. The Labute approximate surface area is 106 Å². The molecule has 0 aromatic heterocycles. The fourth-order valence-corrected chi connectivity index (χ4v) is 0.934. The first-order valence-corrected chi connectivity index (χ1v) is 4.69. The third-order valence-corrected chi connectivity index (χ3v) is 1.72.